The van der Waals surface area contributed by atoms with Gasteiger partial charge in [-0.05, 0) is 5.33 Å². The molecule has 0 aromatic heterocycles. The Morgan fingerprint density at radius 2 is 1.67 bits per heavy atom. The maximum Gasteiger partial charge on any atom is 2.00 e. The van der Waals surface area contributed by atoms with Crippen molar-refractivity contribution in [1.82, 2.24) is 0 Å². The fourth-order valence-electron chi connectivity index (χ4n) is 0. The molecule has 0 rings (SSSR count). The van der Waals surface area contributed by atoms with Gasteiger partial charge in [-0.3, -0.25) is 0 Å². The second-order valence-corrected chi connectivity index (χ2v) is 1.34. The van der Waals surface area contributed by atoms with Gasteiger partial charge < -0.3 is 23.9 Å². The molecule has 34 valence electrons. The molecule has 0 N–H and O–H groups in total. The van der Waals surface area contributed by atoms with E-state index in [4.69, 9.17) is 0 Å². The molecule has 0 amide bonds. The molecular weight excluding hydrogens is 261 g/mol. The second-order valence-electron chi connectivity index (χ2n) is 0.543. The summed E-state index contributed by atoms with van der Waals surface area (Å²) in [5.74, 6) is 0. The molecule has 0 saturated carbocycles. The first kappa shape index (κ1) is 15.6. The summed E-state index contributed by atoms with van der Waals surface area (Å²) in [7, 11) is 0. The Morgan fingerprint density at radius 1 is 1.50 bits per heavy atom. The van der Waals surface area contributed by atoms with Gasteiger partial charge in [-0.25, -0.2) is 0 Å². The average molecular weight is 267 g/mol. The number of hydrogen-bond acceptors (Lipinski definition) is 0. The molecule has 0 aliphatic heterocycles. The largest absolute Gasteiger partial charge is 2.00 e. The number of hydrogen-bond donors (Lipinski definition) is 0. The first-order valence-electron chi connectivity index (χ1n) is 1.27. The zero-order valence-electron chi connectivity index (χ0n) is 3.58. The molecular formula is C3H6Br2Zn. The predicted octanol–water partition coefficient (Wildman–Crippen LogP) is -1.39. The maximum atomic E-state index is 3.56. The number of rotatable bonds is 1. The van der Waals surface area contributed by atoms with Crippen LogP contribution in [-0.2, 0) is 19.5 Å². The van der Waals surface area contributed by atoms with Gasteiger partial charge in [-0.1, -0.05) is 15.9 Å². The van der Waals surface area contributed by atoms with Crippen molar-refractivity contribution in [3.8, 4) is 0 Å². The Bertz CT molecular complexity index is 10.8. The molecule has 0 heterocycles. The fourth-order valence-corrected chi connectivity index (χ4v) is 0. The van der Waals surface area contributed by atoms with Gasteiger partial charge >= 0.3 is 19.5 Å². The van der Waals surface area contributed by atoms with Crippen LogP contribution in [0, 0.1) is 6.92 Å². The van der Waals surface area contributed by atoms with Crippen LogP contribution >= 0.6 is 15.9 Å². The molecule has 0 fully saturated rings. The molecule has 0 aliphatic rings. The Labute approximate surface area is 70.7 Å². The Morgan fingerprint density at radius 3 is 1.67 bits per heavy atom. The van der Waals surface area contributed by atoms with E-state index in [-0.39, 0.29) is 36.5 Å². The van der Waals surface area contributed by atoms with Crippen LogP contribution in [0.25, 0.3) is 0 Å². The molecule has 0 bridgehead atoms. The van der Waals surface area contributed by atoms with E-state index in [0.717, 1.165) is 11.8 Å². The first-order chi connectivity index (χ1) is 1.91. The van der Waals surface area contributed by atoms with Crippen molar-refractivity contribution < 1.29 is 36.5 Å². The van der Waals surface area contributed by atoms with Gasteiger partial charge in [0.1, 0.15) is 0 Å². The van der Waals surface area contributed by atoms with Crippen molar-refractivity contribution in [2.45, 2.75) is 6.42 Å². The second kappa shape index (κ2) is 16.0. The normalized spacial score (nSPS) is 5.00. The molecule has 0 aromatic carbocycles. The smallest absolute Gasteiger partial charge is 1.00 e. The van der Waals surface area contributed by atoms with Crippen LogP contribution < -0.4 is 17.0 Å². The molecule has 0 aliphatic carbocycles. The molecule has 0 aromatic rings. The molecule has 0 unspecified atom stereocenters. The number of alkyl halides is 1. The van der Waals surface area contributed by atoms with E-state index in [9.17, 15) is 0 Å². The molecule has 0 saturated heterocycles. The standard InChI is InChI=1S/C3H6Br.BrH.Zn/c1-2-3-4;;/h1-3H2;1H;/q-1;;+2/p-1. The van der Waals surface area contributed by atoms with E-state index in [1.165, 1.54) is 0 Å². The summed E-state index contributed by atoms with van der Waals surface area (Å²) in [5.41, 5.74) is 0. The van der Waals surface area contributed by atoms with Crippen molar-refractivity contribution in [2.24, 2.45) is 0 Å². The summed E-state index contributed by atoms with van der Waals surface area (Å²) in [5, 5.41) is 1.02. The monoisotopic (exact) mass is 264 g/mol. The van der Waals surface area contributed by atoms with E-state index < -0.39 is 0 Å². The summed E-state index contributed by atoms with van der Waals surface area (Å²) in [6, 6.07) is 0. The zero-order chi connectivity index (χ0) is 3.41. The minimum Gasteiger partial charge on any atom is -1.00 e. The third-order valence-electron chi connectivity index (χ3n) is 0.134. The van der Waals surface area contributed by atoms with Crippen molar-refractivity contribution in [3.63, 3.8) is 0 Å². The predicted molar refractivity (Wildman–Crippen MR) is 23.8 cm³/mol. The average Bonchev–Trinajstić information content (AvgIpc) is 1.37. The summed E-state index contributed by atoms with van der Waals surface area (Å²) in [4.78, 5) is 0. The Hall–Kier alpha value is 1.58. The van der Waals surface area contributed by atoms with Crippen LogP contribution in [-0.4, -0.2) is 5.33 Å². The van der Waals surface area contributed by atoms with Gasteiger partial charge in [0, 0.05) is 0 Å². The van der Waals surface area contributed by atoms with Gasteiger partial charge in [0.15, 0.2) is 0 Å². The van der Waals surface area contributed by atoms with E-state index >= 15 is 0 Å². The molecule has 6 heavy (non-hydrogen) atoms. The van der Waals surface area contributed by atoms with Gasteiger partial charge in [0.25, 0.3) is 0 Å². The molecule has 0 atom stereocenters. The Kier molecular flexibility index (Phi) is 41.7. The van der Waals surface area contributed by atoms with Gasteiger partial charge in [0.2, 0.25) is 0 Å². The topological polar surface area (TPSA) is 0 Å². The quantitative estimate of drug-likeness (QED) is 0.312. The van der Waals surface area contributed by atoms with Gasteiger partial charge in [-0.2, -0.15) is 6.42 Å². The molecule has 0 spiro atoms. The first-order valence-corrected chi connectivity index (χ1v) is 2.39. The van der Waals surface area contributed by atoms with Crippen molar-refractivity contribution >= 4 is 15.9 Å². The molecule has 0 radical (unpaired) electrons. The van der Waals surface area contributed by atoms with Gasteiger partial charge in [0.05, 0.1) is 0 Å². The fraction of sp³-hybridized carbons (Fsp3) is 0.667. The minimum atomic E-state index is 0. The van der Waals surface area contributed by atoms with E-state index in [1.54, 1.807) is 0 Å². The van der Waals surface area contributed by atoms with Crippen molar-refractivity contribution in [1.29, 1.82) is 0 Å². The summed E-state index contributed by atoms with van der Waals surface area (Å²) in [6.45, 7) is 3.56. The van der Waals surface area contributed by atoms with Crippen LogP contribution in [0.15, 0.2) is 0 Å². The van der Waals surface area contributed by atoms with Crippen LogP contribution in [0.2, 0.25) is 0 Å². The molecule has 3 heteroatoms. The van der Waals surface area contributed by atoms with E-state index in [2.05, 4.69) is 22.9 Å². The summed E-state index contributed by atoms with van der Waals surface area (Å²) >= 11 is 3.19. The van der Waals surface area contributed by atoms with Crippen molar-refractivity contribution in [3.05, 3.63) is 6.92 Å². The number of halogens is 2. The molecule has 0 nitrogen and oxygen atoms in total. The summed E-state index contributed by atoms with van der Waals surface area (Å²) < 4.78 is 0. The summed E-state index contributed by atoms with van der Waals surface area (Å²) in [6.07, 6.45) is 0.986. The maximum absolute atomic E-state index is 3.56. The van der Waals surface area contributed by atoms with Gasteiger partial charge in [-0.15, -0.1) is 0 Å². The van der Waals surface area contributed by atoms with Crippen LogP contribution in [0.5, 0.6) is 0 Å². The van der Waals surface area contributed by atoms with E-state index in [0.29, 0.717) is 0 Å². The zero-order valence-corrected chi connectivity index (χ0v) is 9.72. The third-order valence-corrected chi connectivity index (χ3v) is 0.694. The SMILES string of the molecule is [Br-].[CH2-]CCBr.[Zn+2]. The van der Waals surface area contributed by atoms with Crippen LogP contribution in [0.1, 0.15) is 6.42 Å². The van der Waals surface area contributed by atoms with E-state index in [1.807, 2.05) is 0 Å². The Balaban J connectivity index is -0.0000000450. The van der Waals surface area contributed by atoms with Crippen molar-refractivity contribution in [2.75, 3.05) is 5.33 Å². The van der Waals surface area contributed by atoms with Crippen LogP contribution in [0.3, 0.4) is 0 Å². The minimum absolute atomic E-state index is 0. The third kappa shape index (κ3) is 17.6. The van der Waals surface area contributed by atoms with Crippen LogP contribution in [0.4, 0.5) is 0 Å².